The van der Waals surface area contributed by atoms with E-state index in [1.165, 1.54) is 10.4 Å². The third-order valence-corrected chi connectivity index (χ3v) is 5.72. The first-order valence-electron chi connectivity index (χ1n) is 8.71. The minimum absolute atomic E-state index is 0.00703. The van der Waals surface area contributed by atoms with Crippen molar-refractivity contribution in [1.82, 2.24) is 25.1 Å². The maximum atomic E-state index is 12.6. The van der Waals surface area contributed by atoms with Gasteiger partial charge in [0.2, 0.25) is 11.7 Å². The fourth-order valence-corrected chi connectivity index (χ4v) is 3.97. The van der Waals surface area contributed by atoms with Crippen molar-refractivity contribution < 1.29 is 4.79 Å². The molecule has 140 valence electrons. The molecule has 7 nitrogen and oxygen atoms in total. The standard InChI is InChI=1S/C18H19ClN6OS/c1-13-4-5-14(19)11-15(13)23-6-8-24(9-7-23)17(26)12-25-21-18(20-22-25)16-3-2-10-27-16/h2-5,10-11H,6-9,12H2,1H3. The highest BCUT2D eigenvalue weighted by Crippen LogP contribution is 2.25. The van der Waals surface area contributed by atoms with E-state index < -0.39 is 0 Å². The smallest absolute Gasteiger partial charge is 0.246 e. The molecule has 1 aromatic carbocycles. The molecule has 0 saturated carbocycles. The summed E-state index contributed by atoms with van der Waals surface area (Å²) in [4.78, 5) is 19.0. The van der Waals surface area contributed by atoms with E-state index in [0.29, 0.717) is 18.9 Å². The minimum atomic E-state index is 0.00703. The number of hydrogen-bond donors (Lipinski definition) is 0. The summed E-state index contributed by atoms with van der Waals surface area (Å²) >= 11 is 7.68. The molecule has 27 heavy (non-hydrogen) atoms. The van der Waals surface area contributed by atoms with Crippen molar-refractivity contribution in [3.05, 3.63) is 46.3 Å². The Bertz CT molecular complexity index is 933. The van der Waals surface area contributed by atoms with E-state index in [9.17, 15) is 4.79 Å². The molecule has 3 aromatic rings. The van der Waals surface area contributed by atoms with Crippen LogP contribution in [0.1, 0.15) is 5.56 Å². The molecule has 1 saturated heterocycles. The van der Waals surface area contributed by atoms with Crippen LogP contribution in [-0.4, -0.2) is 57.2 Å². The van der Waals surface area contributed by atoms with Crippen molar-refractivity contribution in [2.75, 3.05) is 31.1 Å². The summed E-state index contributed by atoms with van der Waals surface area (Å²) < 4.78 is 0. The highest BCUT2D eigenvalue weighted by Gasteiger charge is 2.23. The molecule has 0 aliphatic carbocycles. The summed E-state index contributed by atoms with van der Waals surface area (Å²) in [5.41, 5.74) is 2.32. The second-order valence-corrected chi connectivity index (χ2v) is 7.80. The minimum Gasteiger partial charge on any atom is -0.368 e. The van der Waals surface area contributed by atoms with Crippen LogP contribution in [-0.2, 0) is 11.3 Å². The summed E-state index contributed by atoms with van der Waals surface area (Å²) in [6.45, 7) is 5.06. The highest BCUT2D eigenvalue weighted by molar-refractivity contribution is 7.13. The Kier molecular flexibility index (Phi) is 5.09. The number of thiophene rings is 1. The van der Waals surface area contributed by atoms with Crippen LogP contribution in [0.25, 0.3) is 10.7 Å². The molecular weight excluding hydrogens is 384 g/mol. The van der Waals surface area contributed by atoms with Gasteiger partial charge < -0.3 is 9.80 Å². The molecule has 4 rings (SSSR count). The van der Waals surface area contributed by atoms with Gasteiger partial charge in [0.05, 0.1) is 4.88 Å². The van der Waals surface area contributed by atoms with Crippen LogP contribution in [0.15, 0.2) is 35.7 Å². The molecule has 0 bridgehead atoms. The number of piperazine rings is 1. The van der Waals surface area contributed by atoms with Crippen LogP contribution in [0.3, 0.4) is 0 Å². The SMILES string of the molecule is Cc1ccc(Cl)cc1N1CCN(C(=O)Cn2nnc(-c3cccs3)n2)CC1. The highest BCUT2D eigenvalue weighted by atomic mass is 35.5. The molecule has 0 N–H and O–H groups in total. The lowest BCUT2D eigenvalue weighted by Crippen LogP contribution is -2.50. The van der Waals surface area contributed by atoms with Gasteiger partial charge in [-0.1, -0.05) is 23.7 Å². The molecule has 0 atom stereocenters. The lowest BCUT2D eigenvalue weighted by molar-refractivity contribution is -0.132. The van der Waals surface area contributed by atoms with Gasteiger partial charge in [0.25, 0.3) is 0 Å². The Hall–Kier alpha value is -2.45. The lowest BCUT2D eigenvalue weighted by Gasteiger charge is -2.36. The fraction of sp³-hybridized carbons (Fsp3) is 0.333. The molecule has 1 amide bonds. The lowest BCUT2D eigenvalue weighted by atomic mass is 10.1. The summed E-state index contributed by atoms with van der Waals surface area (Å²) in [6.07, 6.45) is 0. The monoisotopic (exact) mass is 402 g/mol. The van der Waals surface area contributed by atoms with Crippen LogP contribution < -0.4 is 4.90 Å². The van der Waals surface area contributed by atoms with Crippen LogP contribution in [0.2, 0.25) is 5.02 Å². The Balaban J connectivity index is 1.35. The number of benzene rings is 1. The van der Waals surface area contributed by atoms with E-state index >= 15 is 0 Å². The van der Waals surface area contributed by atoms with Gasteiger partial charge in [0, 0.05) is 36.9 Å². The summed E-state index contributed by atoms with van der Waals surface area (Å²) in [7, 11) is 0. The summed E-state index contributed by atoms with van der Waals surface area (Å²) in [5, 5.41) is 15.0. The number of anilines is 1. The predicted octanol–water partition coefficient (Wildman–Crippen LogP) is 2.71. The van der Waals surface area contributed by atoms with Crippen LogP contribution in [0.5, 0.6) is 0 Å². The van der Waals surface area contributed by atoms with Crippen molar-refractivity contribution >= 4 is 34.5 Å². The van der Waals surface area contributed by atoms with Crippen molar-refractivity contribution in [3.63, 3.8) is 0 Å². The zero-order valence-corrected chi connectivity index (χ0v) is 16.4. The quantitative estimate of drug-likeness (QED) is 0.671. The molecular formula is C18H19ClN6OS. The van der Waals surface area contributed by atoms with E-state index in [1.807, 2.05) is 40.6 Å². The number of aromatic nitrogens is 4. The van der Waals surface area contributed by atoms with Gasteiger partial charge in [-0.3, -0.25) is 4.79 Å². The van der Waals surface area contributed by atoms with Crippen LogP contribution in [0, 0.1) is 6.92 Å². The molecule has 1 aliphatic rings. The number of amides is 1. The van der Waals surface area contributed by atoms with Gasteiger partial charge in [-0.2, -0.15) is 4.80 Å². The molecule has 1 fully saturated rings. The Morgan fingerprint density at radius 3 is 2.78 bits per heavy atom. The van der Waals surface area contributed by atoms with Gasteiger partial charge in [-0.15, -0.1) is 21.5 Å². The van der Waals surface area contributed by atoms with Gasteiger partial charge in [-0.25, -0.2) is 0 Å². The van der Waals surface area contributed by atoms with Gasteiger partial charge in [0.15, 0.2) is 0 Å². The molecule has 9 heteroatoms. The van der Waals surface area contributed by atoms with Gasteiger partial charge >= 0.3 is 0 Å². The van der Waals surface area contributed by atoms with Gasteiger partial charge in [0.1, 0.15) is 6.54 Å². The number of carbonyl (C=O) groups is 1. The van der Waals surface area contributed by atoms with E-state index in [2.05, 4.69) is 27.2 Å². The van der Waals surface area contributed by atoms with E-state index in [1.54, 1.807) is 11.3 Å². The number of nitrogens with zero attached hydrogens (tertiary/aromatic N) is 6. The molecule has 3 heterocycles. The van der Waals surface area contributed by atoms with E-state index in [0.717, 1.165) is 28.7 Å². The molecule has 0 unspecified atom stereocenters. The molecule has 0 radical (unpaired) electrons. The average Bonchev–Trinajstić information content (AvgIpc) is 3.35. The third kappa shape index (κ3) is 3.96. The zero-order chi connectivity index (χ0) is 18.8. The number of halogens is 1. The molecule has 0 spiro atoms. The Morgan fingerprint density at radius 1 is 1.22 bits per heavy atom. The second kappa shape index (κ2) is 7.66. The van der Waals surface area contributed by atoms with Crippen LogP contribution in [0.4, 0.5) is 5.69 Å². The van der Waals surface area contributed by atoms with Crippen molar-refractivity contribution in [2.45, 2.75) is 13.5 Å². The van der Waals surface area contributed by atoms with E-state index in [4.69, 9.17) is 11.6 Å². The molecule has 2 aromatic heterocycles. The van der Waals surface area contributed by atoms with E-state index in [-0.39, 0.29) is 12.5 Å². The van der Waals surface area contributed by atoms with Crippen molar-refractivity contribution in [2.24, 2.45) is 0 Å². The van der Waals surface area contributed by atoms with Crippen LogP contribution >= 0.6 is 22.9 Å². The topological polar surface area (TPSA) is 67.2 Å². The molecule has 1 aliphatic heterocycles. The second-order valence-electron chi connectivity index (χ2n) is 6.42. The maximum absolute atomic E-state index is 12.6. The first kappa shape index (κ1) is 17.9. The largest absolute Gasteiger partial charge is 0.368 e. The average molecular weight is 403 g/mol. The first-order valence-corrected chi connectivity index (χ1v) is 9.96. The number of aryl methyl sites for hydroxylation is 1. The number of hydrogen-bond acceptors (Lipinski definition) is 6. The zero-order valence-electron chi connectivity index (χ0n) is 14.9. The van der Waals surface area contributed by atoms with Crippen molar-refractivity contribution in [1.29, 1.82) is 0 Å². The predicted molar refractivity (Wildman–Crippen MR) is 106 cm³/mol. The normalized spacial score (nSPS) is 14.6. The fourth-order valence-electron chi connectivity index (χ4n) is 3.16. The number of rotatable bonds is 4. The summed E-state index contributed by atoms with van der Waals surface area (Å²) in [6, 6.07) is 9.78. The number of tetrazole rings is 1. The number of carbonyl (C=O) groups excluding carboxylic acids is 1. The Labute approximate surface area is 166 Å². The van der Waals surface area contributed by atoms with Gasteiger partial charge in [-0.05, 0) is 41.3 Å². The third-order valence-electron chi connectivity index (χ3n) is 4.62. The Morgan fingerprint density at radius 2 is 2.04 bits per heavy atom. The first-order chi connectivity index (χ1) is 13.1. The summed E-state index contributed by atoms with van der Waals surface area (Å²) in [5.74, 6) is 0.562. The maximum Gasteiger partial charge on any atom is 0.246 e. The van der Waals surface area contributed by atoms with Crippen molar-refractivity contribution in [3.8, 4) is 10.7 Å².